The summed E-state index contributed by atoms with van der Waals surface area (Å²) >= 11 is 3.28. The smallest absolute Gasteiger partial charge is 0.328 e. The molecule has 3 nitrogen and oxygen atoms in total. The number of aliphatic carboxylic acids is 1. The second kappa shape index (κ2) is 5.61. The molecule has 0 heterocycles. The molecular formula is C12H11BrO3. The predicted octanol–water partition coefficient (Wildman–Crippen LogP) is 3.14. The Labute approximate surface area is 102 Å². The van der Waals surface area contributed by atoms with E-state index in [0.29, 0.717) is 17.5 Å². The maximum Gasteiger partial charge on any atom is 0.328 e. The minimum Gasteiger partial charge on any atom is -0.478 e. The number of hydrogen-bond acceptors (Lipinski definition) is 2. The number of ketones is 1. The SMILES string of the molecule is CCC(=O)c1cc(Br)cc(/C=C/C(=O)O)c1. The number of hydrogen-bond donors (Lipinski definition) is 1. The zero-order chi connectivity index (χ0) is 12.1. The fourth-order valence-corrected chi connectivity index (χ4v) is 1.75. The van der Waals surface area contributed by atoms with Crippen molar-refractivity contribution >= 4 is 33.8 Å². The van der Waals surface area contributed by atoms with Crippen molar-refractivity contribution in [3.8, 4) is 0 Å². The normalized spacial score (nSPS) is 10.6. The van der Waals surface area contributed by atoms with E-state index in [1.807, 2.05) is 0 Å². The Hall–Kier alpha value is -1.42. The molecule has 1 aromatic carbocycles. The van der Waals surface area contributed by atoms with Crippen LogP contribution in [0.4, 0.5) is 0 Å². The van der Waals surface area contributed by atoms with Gasteiger partial charge in [0, 0.05) is 22.5 Å². The van der Waals surface area contributed by atoms with Gasteiger partial charge in [-0.2, -0.15) is 0 Å². The van der Waals surface area contributed by atoms with Gasteiger partial charge in [0.25, 0.3) is 0 Å². The predicted molar refractivity (Wildman–Crippen MR) is 65.4 cm³/mol. The van der Waals surface area contributed by atoms with Crippen LogP contribution in [0.15, 0.2) is 28.7 Å². The summed E-state index contributed by atoms with van der Waals surface area (Å²) in [5.41, 5.74) is 1.27. The van der Waals surface area contributed by atoms with Crippen molar-refractivity contribution in [1.29, 1.82) is 0 Å². The Kier molecular flexibility index (Phi) is 4.43. The summed E-state index contributed by atoms with van der Waals surface area (Å²) in [6.07, 6.45) is 2.93. The van der Waals surface area contributed by atoms with Crippen LogP contribution in [-0.4, -0.2) is 16.9 Å². The first-order valence-electron chi connectivity index (χ1n) is 4.77. The second-order valence-electron chi connectivity index (χ2n) is 3.22. The number of halogens is 1. The minimum absolute atomic E-state index is 0.0336. The number of carboxylic acid groups (broad SMARTS) is 1. The second-order valence-corrected chi connectivity index (χ2v) is 4.14. The van der Waals surface area contributed by atoms with Crippen molar-refractivity contribution in [3.63, 3.8) is 0 Å². The lowest BCUT2D eigenvalue weighted by molar-refractivity contribution is -0.131. The van der Waals surface area contributed by atoms with E-state index in [1.54, 1.807) is 25.1 Å². The number of rotatable bonds is 4. The molecule has 84 valence electrons. The van der Waals surface area contributed by atoms with Gasteiger partial charge in [-0.25, -0.2) is 4.79 Å². The lowest BCUT2D eigenvalue weighted by atomic mass is 10.1. The van der Waals surface area contributed by atoms with Gasteiger partial charge in [0.15, 0.2) is 5.78 Å². The van der Waals surface area contributed by atoms with Crippen molar-refractivity contribution in [2.24, 2.45) is 0 Å². The first-order valence-corrected chi connectivity index (χ1v) is 5.57. The molecule has 0 atom stereocenters. The van der Waals surface area contributed by atoms with E-state index >= 15 is 0 Å². The molecule has 16 heavy (non-hydrogen) atoms. The quantitative estimate of drug-likeness (QED) is 0.682. The third-order valence-electron chi connectivity index (χ3n) is 1.98. The fraction of sp³-hybridized carbons (Fsp3) is 0.167. The van der Waals surface area contributed by atoms with Gasteiger partial charge in [-0.3, -0.25) is 4.79 Å². The van der Waals surface area contributed by atoms with Crippen LogP contribution in [0.1, 0.15) is 29.3 Å². The van der Waals surface area contributed by atoms with Crippen LogP contribution < -0.4 is 0 Å². The molecule has 0 unspecified atom stereocenters. The third kappa shape index (κ3) is 3.62. The summed E-state index contributed by atoms with van der Waals surface area (Å²) in [6.45, 7) is 1.79. The molecule has 0 aliphatic rings. The van der Waals surface area contributed by atoms with Crippen molar-refractivity contribution in [2.45, 2.75) is 13.3 Å². The van der Waals surface area contributed by atoms with Gasteiger partial charge in [0.2, 0.25) is 0 Å². The van der Waals surface area contributed by atoms with E-state index in [9.17, 15) is 9.59 Å². The molecule has 0 spiro atoms. The number of carbonyl (C=O) groups excluding carboxylic acids is 1. The third-order valence-corrected chi connectivity index (χ3v) is 2.44. The Morgan fingerprint density at radius 1 is 1.38 bits per heavy atom. The van der Waals surface area contributed by atoms with Gasteiger partial charge in [-0.15, -0.1) is 0 Å². The minimum atomic E-state index is -1.01. The van der Waals surface area contributed by atoms with Crippen molar-refractivity contribution in [1.82, 2.24) is 0 Å². The fourth-order valence-electron chi connectivity index (χ4n) is 1.24. The Bertz CT molecular complexity index is 450. The van der Waals surface area contributed by atoms with E-state index in [0.717, 1.165) is 10.5 Å². The molecule has 0 aliphatic carbocycles. The van der Waals surface area contributed by atoms with E-state index in [-0.39, 0.29) is 5.78 Å². The molecule has 0 aromatic heterocycles. The summed E-state index contributed by atoms with van der Waals surface area (Å²) in [4.78, 5) is 21.9. The maximum absolute atomic E-state index is 11.5. The van der Waals surface area contributed by atoms with E-state index in [4.69, 9.17) is 5.11 Å². The van der Waals surface area contributed by atoms with Gasteiger partial charge in [0.1, 0.15) is 0 Å². The van der Waals surface area contributed by atoms with Gasteiger partial charge < -0.3 is 5.11 Å². The molecule has 0 radical (unpaired) electrons. The zero-order valence-electron chi connectivity index (χ0n) is 8.74. The highest BCUT2D eigenvalue weighted by molar-refractivity contribution is 9.10. The molecule has 0 aliphatic heterocycles. The summed E-state index contributed by atoms with van der Waals surface area (Å²) in [5.74, 6) is -0.977. The van der Waals surface area contributed by atoms with Gasteiger partial charge in [-0.1, -0.05) is 22.9 Å². The largest absolute Gasteiger partial charge is 0.478 e. The Morgan fingerprint density at radius 3 is 2.62 bits per heavy atom. The van der Waals surface area contributed by atoms with Crippen molar-refractivity contribution < 1.29 is 14.7 Å². The highest BCUT2D eigenvalue weighted by atomic mass is 79.9. The molecule has 1 aromatic rings. The van der Waals surface area contributed by atoms with Crippen LogP contribution >= 0.6 is 15.9 Å². The average molecular weight is 283 g/mol. The molecule has 0 bridgehead atoms. The van der Waals surface area contributed by atoms with E-state index in [1.165, 1.54) is 6.08 Å². The Balaban J connectivity index is 3.08. The number of benzene rings is 1. The van der Waals surface area contributed by atoms with Crippen molar-refractivity contribution in [3.05, 3.63) is 39.9 Å². The van der Waals surface area contributed by atoms with Crippen LogP contribution in [0.3, 0.4) is 0 Å². The van der Waals surface area contributed by atoms with Gasteiger partial charge in [-0.05, 0) is 29.8 Å². The zero-order valence-corrected chi connectivity index (χ0v) is 10.3. The van der Waals surface area contributed by atoms with Crippen LogP contribution in [0.5, 0.6) is 0 Å². The van der Waals surface area contributed by atoms with Crippen LogP contribution in [0.25, 0.3) is 6.08 Å². The van der Waals surface area contributed by atoms with E-state index < -0.39 is 5.97 Å². The lowest BCUT2D eigenvalue weighted by Gasteiger charge is -2.01. The molecule has 0 saturated heterocycles. The van der Waals surface area contributed by atoms with Crippen LogP contribution in [0, 0.1) is 0 Å². The van der Waals surface area contributed by atoms with Gasteiger partial charge in [0.05, 0.1) is 0 Å². The first-order chi connectivity index (χ1) is 7.52. The monoisotopic (exact) mass is 282 g/mol. The standard InChI is InChI=1S/C12H11BrO3/c1-2-11(14)9-5-8(3-4-12(15)16)6-10(13)7-9/h3-7H,2H2,1H3,(H,15,16)/b4-3+. The molecule has 0 saturated carbocycles. The summed E-state index contributed by atoms with van der Waals surface area (Å²) in [6, 6.07) is 5.16. The molecule has 1 rings (SSSR count). The molecular weight excluding hydrogens is 272 g/mol. The summed E-state index contributed by atoms with van der Waals surface area (Å²) in [7, 11) is 0. The first kappa shape index (κ1) is 12.6. The topological polar surface area (TPSA) is 54.4 Å². The van der Waals surface area contributed by atoms with Crippen molar-refractivity contribution in [2.75, 3.05) is 0 Å². The maximum atomic E-state index is 11.5. The summed E-state index contributed by atoms with van der Waals surface area (Å²) in [5, 5.41) is 8.50. The highest BCUT2D eigenvalue weighted by Crippen LogP contribution is 2.18. The number of carboxylic acids is 1. The highest BCUT2D eigenvalue weighted by Gasteiger charge is 2.05. The van der Waals surface area contributed by atoms with Gasteiger partial charge >= 0.3 is 5.97 Å². The Morgan fingerprint density at radius 2 is 2.06 bits per heavy atom. The summed E-state index contributed by atoms with van der Waals surface area (Å²) < 4.78 is 0.761. The van der Waals surface area contributed by atoms with Crippen LogP contribution in [-0.2, 0) is 4.79 Å². The lowest BCUT2D eigenvalue weighted by Crippen LogP contribution is -1.97. The number of carbonyl (C=O) groups is 2. The molecule has 0 amide bonds. The molecule has 4 heteroatoms. The van der Waals surface area contributed by atoms with Crippen LogP contribution in [0.2, 0.25) is 0 Å². The van der Waals surface area contributed by atoms with E-state index in [2.05, 4.69) is 15.9 Å². The number of Topliss-reactive ketones (excluding diaryl/α,β-unsaturated/α-hetero) is 1. The molecule has 1 N–H and O–H groups in total. The molecule has 0 fully saturated rings. The average Bonchev–Trinajstić information content (AvgIpc) is 2.24.